The first-order valence-electron chi connectivity index (χ1n) is 15.3. The van der Waals surface area contributed by atoms with E-state index in [0.717, 1.165) is 45.0 Å². The number of hydrogen-bond donors (Lipinski definition) is 1. The van der Waals surface area contributed by atoms with Gasteiger partial charge in [-0.25, -0.2) is 4.79 Å². The minimum atomic E-state index is -0.589. The molecule has 0 saturated carbocycles. The van der Waals surface area contributed by atoms with Crippen molar-refractivity contribution in [1.29, 1.82) is 0 Å². The SMILES string of the molecule is CN1CCN(C(=O)c2ccc(N3CCN(C(c4ccccc4)c4ccccc4)CC3)c(N(C(N)=O)c3ccccc3)c2)CC1. The molecule has 0 aromatic heterocycles. The number of primary amides is 1. The van der Waals surface area contributed by atoms with Gasteiger partial charge in [0.25, 0.3) is 5.91 Å². The number of rotatable bonds is 7. The Balaban J connectivity index is 1.31. The smallest absolute Gasteiger partial charge is 0.323 e. The topological polar surface area (TPSA) is 76.4 Å². The first-order chi connectivity index (χ1) is 21.5. The molecular weight excluding hydrogens is 548 g/mol. The second-order valence-corrected chi connectivity index (χ2v) is 11.6. The zero-order chi connectivity index (χ0) is 30.5. The lowest BCUT2D eigenvalue weighted by Gasteiger charge is -2.42. The van der Waals surface area contributed by atoms with Crippen LogP contribution in [0.1, 0.15) is 27.5 Å². The molecule has 0 aliphatic carbocycles. The van der Waals surface area contributed by atoms with Crippen LogP contribution in [0.5, 0.6) is 0 Å². The van der Waals surface area contributed by atoms with E-state index < -0.39 is 6.03 Å². The molecule has 4 aromatic carbocycles. The van der Waals surface area contributed by atoms with Crippen LogP contribution in [0.4, 0.5) is 21.9 Å². The van der Waals surface area contributed by atoms with Crippen molar-refractivity contribution in [3.8, 4) is 0 Å². The molecule has 0 unspecified atom stereocenters. The second-order valence-electron chi connectivity index (χ2n) is 11.6. The van der Waals surface area contributed by atoms with Gasteiger partial charge >= 0.3 is 6.03 Å². The number of carbonyl (C=O) groups excluding carboxylic acids is 2. The first-order valence-corrected chi connectivity index (χ1v) is 15.3. The van der Waals surface area contributed by atoms with Gasteiger partial charge in [0.2, 0.25) is 0 Å². The number of likely N-dealkylation sites (N-methyl/N-ethyl adjacent to an activating group) is 1. The van der Waals surface area contributed by atoms with Crippen molar-refractivity contribution in [3.05, 3.63) is 126 Å². The van der Waals surface area contributed by atoms with Crippen LogP contribution in [0.2, 0.25) is 0 Å². The third-order valence-electron chi connectivity index (χ3n) is 8.74. The second kappa shape index (κ2) is 13.3. The third-order valence-corrected chi connectivity index (χ3v) is 8.74. The van der Waals surface area contributed by atoms with Crippen molar-refractivity contribution in [2.75, 3.05) is 69.2 Å². The monoisotopic (exact) mass is 588 g/mol. The minimum Gasteiger partial charge on any atom is -0.367 e. The van der Waals surface area contributed by atoms with Crippen LogP contribution in [0.15, 0.2) is 109 Å². The number of hydrogen-bond acceptors (Lipinski definition) is 5. The van der Waals surface area contributed by atoms with Gasteiger partial charge in [-0.3, -0.25) is 14.6 Å². The van der Waals surface area contributed by atoms with E-state index in [0.29, 0.717) is 30.0 Å². The highest BCUT2D eigenvalue weighted by Gasteiger charge is 2.30. The molecule has 0 radical (unpaired) electrons. The van der Waals surface area contributed by atoms with E-state index in [1.807, 2.05) is 53.4 Å². The highest BCUT2D eigenvalue weighted by Crippen LogP contribution is 2.37. The summed E-state index contributed by atoms with van der Waals surface area (Å²) in [6.07, 6.45) is 0. The van der Waals surface area contributed by atoms with Crippen LogP contribution < -0.4 is 15.5 Å². The number of benzene rings is 4. The van der Waals surface area contributed by atoms with Gasteiger partial charge in [0.15, 0.2) is 0 Å². The fourth-order valence-corrected chi connectivity index (χ4v) is 6.36. The molecule has 0 atom stereocenters. The molecule has 0 spiro atoms. The molecule has 2 heterocycles. The fraction of sp³-hybridized carbons (Fsp3) is 0.278. The van der Waals surface area contributed by atoms with Crippen molar-refractivity contribution in [3.63, 3.8) is 0 Å². The number of piperazine rings is 2. The summed E-state index contributed by atoms with van der Waals surface area (Å²) in [6, 6.07) is 36.0. The quantitative estimate of drug-likeness (QED) is 0.321. The summed E-state index contributed by atoms with van der Waals surface area (Å²) in [6.45, 7) is 6.21. The third kappa shape index (κ3) is 6.32. The average Bonchev–Trinajstić information content (AvgIpc) is 3.07. The lowest BCUT2D eigenvalue weighted by atomic mass is 9.96. The Morgan fingerprint density at radius 2 is 1.23 bits per heavy atom. The van der Waals surface area contributed by atoms with Gasteiger partial charge in [0, 0.05) is 57.9 Å². The molecule has 2 aliphatic rings. The summed E-state index contributed by atoms with van der Waals surface area (Å²) in [4.78, 5) is 37.1. The molecule has 2 aliphatic heterocycles. The average molecular weight is 589 g/mol. The summed E-state index contributed by atoms with van der Waals surface area (Å²) in [5.74, 6) is -0.0261. The lowest BCUT2D eigenvalue weighted by Crippen LogP contribution is -2.48. The first kappa shape index (κ1) is 29.4. The zero-order valence-corrected chi connectivity index (χ0v) is 25.3. The van der Waals surface area contributed by atoms with E-state index in [4.69, 9.17) is 5.73 Å². The molecule has 2 N–H and O–H groups in total. The molecule has 6 rings (SSSR count). The van der Waals surface area contributed by atoms with Crippen LogP contribution in [0.3, 0.4) is 0 Å². The van der Waals surface area contributed by atoms with Crippen LogP contribution >= 0.6 is 0 Å². The highest BCUT2D eigenvalue weighted by molar-refractivity contribution is 6.04. The number of nitrogens with two attached hydrogens (primary N) is 1. The molecule has 3 amide bonds. The Hall–Kier alpha value is -4.66. The van der Waals surface area contributed by atoms with Gasteiger partial charge < -0.3 is 20.4 Å². The number of anilines is 3. The summed E-state index contributed by atoms with van der Waals surface area (Å²) >= 11 is 0. The van der Waals surface area contributed by atoms with Crippen molar-refractivity contribution in [2.24, 2.45) is 5.73 Å². The number of amides is 3. The lowest BCUT2D eigenvalue weighted by molar-refractivity contribution is 0.0664. The number of carbonyl (C=O) groups is 2. The summed E-state index contributed by atoms with van der Waals surface area (Å²) in [5, 5.41) is 0. The van der Waals surface area contributed by atoms with E-state index in [-0.39, 0.29) is 11.9 Å². The Bertz CT molecular complexity index is 1510. The van der Waals surface area contributed by atoms with E-state index in [9.17, 15) is 9.59 Å². The van der Waals surface area contributed by atoms with E-state index in [1.165, 1.54) is 16.0 Å². The fourth-order valence-electron chi connectivity index (χ4n) is 6.36. The summed E-state index contributed by atoms with van der Waals surface area (Å²) in [5.41, 5.74) is 11.3. The highest BCUT2D eigenvalue weighted by atomic mass is 16.2. The molecule has 44 heavy (non-hydrogen) atoms. The standard InChI is InChI=1S/C36H40N6O2/c1-38-19-21-41(22-20-38)35(43)30-17-18-32(33(27-30)42(36(37)44)31-15-9-4-10-16-31)39-23-25-40(26-24-39)34(28-11-5-2-6-12-28)29-13-7-3-8-14-29/h2-18,27,34H,19-26H2,1H3,(H2,37,44). The minimum absolute atomic E-state index is 0.0261. The Kier molecular flexibility index (Phi) is 8.91. The Morgan fingerprint density at radius 3 is 1.77 bits per heavy atom. The summed E-state index contributed by atoms with van der Waals surface area (Å²) < 4.78 is 0. The molecule has 8 heteroatoms. The molecule has 2 fully saturated rings. The van der Waals surface area contributed by atoms with Gasteiger partial charge in [0.1, 0.15) is 0 Å². The zero-order valence-electron chi connectivity index (χ0n) is 25.3. The molecule has 8 nitrogen and oxygen atoms in total. The van der Waals surface area contributed by atoms with Gasteiger partial charge in [0.05, 0.1) is 23.1 Å². The maximum Gasteiger partial charge on any atom is 0.323 e. The normalized spacial score (nSPS) is 16.2. The van der Waals surface area contributed by atoms with Crippen molar-refractivity contribution in [2.45, 2.75) is 6.04 Å². The molecule has 226 valence electrons. The molecule has 4 aromatic rings. The van der Waals surface area contributed by atoms with Gasteiger partial charge in [-0.15, -0.1) is 0 Å². The van der Waals surface area contributed by atoms with E-state index >= 15 is 0 Å². The Morgan fingerprint density at radius 1 is 0.682 bits per heavy atom. The predicted octanol–water partition coefficient (Wildman–Crippen LogP) is 5.20. The molecule has 0 bridgehead atoms. The number of para-hydroxylation sites is 1. The van der Waals surface area contributed by atoms with Crippen LogP contribution in [0.25, 0.3) is 0 Å². The van der Waals surface area contributed by atoms with Crippen LogP contribution in [-0.2, 0) is 0 Å². The maximum absolute atomic E-state index is 13.6. The van der Waals surface area contributed by atoms with E-state index in [2.05, 4.69) is 82.4 Å². The predicted molar refractivity (Wildman–Crippen MR) is 177 cm³/mol. The number of urea groups is 1. The van der Waals surface area contributed by atoms with Gasteiger partial charge in [-0.2, -0.15) is 0 Å². The van der Waals surface area contributed by atoms with Crippen molar-refractivity contribution >= 4 is 29.0 Å². The summed E-state index contributed by atoms with van der Waals surface area (Å²) in [7, 11) is 2.07. The van der Waals surface area contributed by atoms with Crippen molar-refractivity contribution in [1.82, 2.24) is 14.7 Å². The largest absolute Gasteiger partial charge is 0.367 e. The van der Waals surface area contributed by atoms with Crippen molar-refractivity contribution < 1.29 is 9.59 Å². The molecule has 2 saturated heterocycles. The van der Waals surface area contributed by atoms with Crippen LogP contribution in [-0.4, -0.2) is 86.0 Å². The van der Waals surface area contributed by atoms with Crippen LogP contribution in [0, 0.1) is 0 Å². The molecular formula is C36H40N6O2. The van der Waals surface area contributed by atoms with Gasteiger partial charge in [-0.05, 0) is 48.5 Å². The van der Waals surface area contributed by atoms with Gasteiger partial charge in [-0.1, -0.05) is 78.9 Å². The van der Waals surface area contributed by atoms with E-state index in [1.54, 1.807) is 0 Å². The number of nitrogens with zero attached hydrogens (tertiary/aromatic N) is 5. The maximum atomic E-state index is 13.6. The Labute approximate surface area is 259 Å².